The van der Waals surface area contributed by atoms with E-state index < -0.39 is 24.2 Å². The van der Waals surface area contributed by atoms with Crippen molar-refractivity contribution in [2.45, 2.75) is 13.0 Å². The van der Waals surface area contributed by atoms with Crippen LogP contribution in [0.1, 0.15) is 6.92 Å². The summed E-state index contributed by atoms with van der Waals surface area (Å²) < 4.78 is 0. The van der Waals surface area contributed by atoms with Gasteiger partial charge in [-0.3, -0.25) is 5.41 Å². The summed E-state index contributed by atoms with van der Waals surface area (Å²) in [5.41, 5.74) is 0. The van der Waals surface area contributed by atoms with Crippen LogP contribution in [0.4, 0.5) is 9.59 Å². The molecule has 1 fully saturated rings. The molecular formula is C6H9N3O4. The lowest BCUT2D eigenvalue weighted by molar-refractivity contribution is 0.163. The SMILES string of the molecule is CC1CN(C(=O)O)C(=N)N1C(=O)O. The van der Waals surface area contributed by atoms with Gasteiger partial charge in [0.05, 0.1) is 12.6 Å². The first-order chi connectivity index (χ1) is 5.95. The summed E-state index contributed by atoms with van der Waals surface area (Å²) in [6.45, 7) is 1.56. The molecule has 1 saturated heterocycles. The van der Waals surface area contributed by atoms with Gasteiger partial charge in [-0.25, -0.2) is 19.4 Å². The standard InChI is InChI=1S/C6H9N3O4/c1-3-2-8(5(10)11)4(7)9(3)6(12)13/h3,7H,2H2,1H3,(H,10,11)(H,12,13). The molecule has 1 atom stereocenters. The van der Waals surface area contributed by atoms with Crippen molar-refractivity contribution in [3.8, 4) is 0 Å². The monoisotopic (exact) mass is 187 g/mol. The van der Waals surface area contributed by atoms with Gasteiger partial charge in [0.25, 0.3) is 0 Å². The molecule has 0 bridgehead atoms. The van der Waals surface area contributed by atoms with Crippen molar-refractivity contribution in [3.63, 3.8) is 0 Å². The van der Waals surface area contributed by atoms with Gasteiger partial charge in [-0.15, -0.1) is 0 Å². The zero-order valence-electron chi connectivity index (χ0n) is 6.89. The molecular weight excluding hydrogens is 178 g/mol. The highest BCUT2D eigenvalue weighted by molar-refractivity contribution is 6.01. The molecule has 1 aliphatic rings. The number of nitrogens with one attached hydrogen (secondary N) is 1. The van der Waals surface area contributed by atoms with Crippen molar-refractivity contribution in [1.29, 1.82) is 5.41 Å². The highest BCUT2D eigenvalue weighted by Gasteiger charge is 2.39. The minimum absolute atomic E-state index is 0.0144. The van der Waals surface area contributed by atoms with E-state index in [9.17, 15) is 9.59 Å². The molecule has 0 saturated carbocycles. The number of nitrogens with zero attached hydrogens (tertiary/aromatic N) is 2. The summed E-state index contributed by atoms with van der Waals surface area (Å²) in [4.78, 5) is 22.5. The lowest BCUT2D eigenvalue weighted by Crippen LogP contribution is -2.39. The van der Waals surface area contributed by atoms with Crippen LogP contribution in [-0.2, 0) is 0 Å². The van der Waals surface area contributed by atoms with Gasteiger partial charge < -0.3 is 10.2 Å². The second-order valence-electron chi connectivity index (χ2n) is 2.72. The van der Waals surface area contributed by atoms with E-state index in [0.29, 0.717) is 9.80 Å². The molecule has 1 aliphatic heterocycles. The van der Waals surface area contributed by atoms with E-state index in [4.69, 9.17) is 15.6 Å². The summed E-state index contributed by atoms with van der Waals surface area (Å²) in [6, 6.07) is -0.499. The maximum atomic E-state index is 10.6. The van der Waals surface area contributed by atoms with E-state index in [1.807, 2.05) is 0 Å². The van der Waals surface area contributed by atoms with Gasteiger partial charge in [0.1, 0.15) is 0 Å². The fourth-order valence-electron chi connectivity index (χ4n) is 1.22. The number of hydrogen-bond acceptors (Lipinski definition) is 3. The number of carbonyl (C=O) groups is 2. The van der Waals surface area contributed by atoms with Crippen molar-refractivity contribution in [2.75, 3.05) is 6.54 Å². The first kappa shape index (κ1) is 9.30. The van der Waals surface area contributed by atoms with Gasteiger partial charge in [-0.2, -0.15) is 0 Å². The zero-order chi connectivity index (χ0) is 10.2. The van der Waals surface area contributed by atoms with Gasteiger partial charge in [-0.1, -0.05) is 0 Å². The smallest absolute Gasteiger partial charge is 0.414 e. The van der Waals surface area contributed by atoms with Crippen LogP contribution in [0, 0.1) is 5.41 Å². The fourth-order valence-corrected chi connectivity index (χ4v) is 1.22. The van der Waals surface area contributed by atoms with Crippen molar-refractivity contribution >= 4 is 18.1 Å². The Kier molecular flexibility index (Phi) is 2.09. The topological polar surface area (TPSA) is 105 Å². The summed E-state index contributed by atoms with van der Waals surface area (Å²) in [5.74, 6) is -0.507. The molecule has 1 unspecified atom stereocenters. The number of hydrogen-bond donors (Lipinski definition) is 3. The molecule has 7 heteroatoms. The molecule has 0 radical (unpaired) electrons. The zero-order valence-corrected chi connectivity index (χ0v) is 6.89. The predicted molar refractivity (Wildman–Crippen MR) is 41.8 cm³/mol. The van der Waals surface area contributed by atoms with Crippen LogP contribution in [0.5, 0.6) is 0 Å². The third kappa shape index (κ3) is 1.40. The average molecular weight is 187 g/mol. The molecule has 3 N–H and O–H groups in total. The molecule has 72 valence electrons. The van der Waals surface area contributed by atoms with Gasteiger partial charge >= 0.3 is 12.2 Å². The quantitative estimate of drug-likeness (QED) is 0.506. The Morgan fingerprint density at radius 2 is 2.00 bits per heavy atom. The Morgan fingerprint density at radius 1 is 1.46 bits per heavy atom. The Hall–Kier alpha value is -1.79. The van der Waals surface area contributed by atoms with Crippen LogP contribution in [0.2, 0.25) is 0 Å². The predicted octanol–water partition coefficient (Wildman–Crippen LogP) is 0.283. The van der Waals surface area contributed by atoms with Gasteiger partial charge in [0, 0.05) is 0 Å². The molecule has 0 spiro atoms. The largest absolute Gasteiger partial charge is 0.465 e. The maximum Gasteiger partial charge on any atom is 0.414 e. The van der Waals surface area contributed by atoms with Crippen molar-refractivity contribution in [3.05, 3.63) is 0 Å². The summed E-state index contributed by atoms with van der Waals surface area (Å²) in [6.07, 6.45) is -2.61. The van der Waals surface area contributed by atoms with Crippen LogP contribution >= 0.6 is 0 Å². The Labute approximate surface area is 73.7 Å². The minimum atomic E-state index is -1.30. The summed E-state index contributed by atoms with van der Waals surface area (Å²) in [7, 11) is 0. The van der Waals surface area contributed by atoms with E-state index in [2.05, 4.69) is 0 Å². The molecule has 13 heavy (non-hydrogen) atoms. The van der Waals surface area contributed by atoms with Crippen LogP contribution in [0.25, 0.3) is 0 Å². The van der Waals surface area contributed by atoms with Crippen LogP contribution in [-0.4, -0.2) is 50.7 Å². The number of rotatable bonds is 0. The molecule has 0 aromatic carbocycles. The Bertz CT molecular complexity index is 277. The maximum absolute atomic E-state index is 10.6. The molecule has 1 rings (SSSR count). The Balaban J connectivity index is 2.87. The Morgan fingerprint density at radius 3 is 2.23 bits per heavy atom. The van der Waals surface area contributed by atoms with Crippen molar-refractivity contribution in [1.82, 2.24) is 9.80 Å². The molecule has 7 nitrogen and oxygen atoms in total. The number of amides is 2. The van der Waals surface area contributed by atoms with E-state index in [1.165, 1.54) is 0 Å². The van der Waals surface area contributed by atoms with Gasteiger partial charge in [0.2, 0.25) is 5.96 Å². The van der Waals surface area contributed by atoms with Crippen LogP contribution < -0.4 is 0 Å². The van der Waals surface area contributed by atoms with Gasteiger partial charge in [0.15, 0.2) is 0 Å². The van der Waals surface area contributed by atoms with E-state index in [-0.39, 0.29) is 6.54 Å². The molecule has 0 aromatic heterocycles. The third-order valence-corrected chi connectivity index (χ3v) is 1.81. The second kappa shape index (κ2) is 2.92. The normalized spacial score (nSPS) is 22.2. The van der Waals surface area contributed by atoms with Crippen LogP contribution in [0.15, 0.2) is 0 Å². The summed E-state index contributed by atoms with van der Waals surface area (Å²) >= 11 is 0. The highest BCUT2D eigenvalue weighted by Crippen LogP contribution is 2.14. The van der Waals surface area contributed by atoms with Crippen molar-refractivity contribution < 1.29 is 19.8 Å². The number of carboxylic acid groups (broad SMARTS) is 2. The molecule has 2 amide bonds. The first-order valence-corrected chi connectivity index (χ1v) is 3.56. The molecule has 0 aliphatic carbocycles. The fraction of sp³-hybridized carbons (Fsp3) is 0.500. The van der Waals surface area contributed by atoms with Crippen molar-refractivity contribution in [2.24, 2.45) is 0 Å². The van der Waals surface area contributed by atoms with E-state index in [0.717, 1.165) is 0 Å². The first-order valence-electron chi connectivity index (χ1n) is 3.56. The van der Waals surface area contributed by atoms with E-state index >= 15 is 0 Å². The molecule has 0 aromatic rings. The summed E-state index contributed by atoms with van der Waals surface area (Å²) in [5, 5.41) is 24.4. The highest BCUT2D eigenvalue weighted by atomic mass is 16.4. The lowest BCUT2D eigenvalue weighted by atomic mass is 10.3. The number of guanidine groups is 1. The average Bonchev–Trinajstić information content (AvgIpc) is 2.26. The third-order valence-electron chi connectivity index (χ3n) is 1.81. The molecule has 1 heterocycles. The van der Waals surface area contributed by atoms with Gasteiger partial charge in [-0.05, 0) is 6.92 Å². The second-order valence-corrected chi connectivity index (χ2v) is 2.72. The van der Waals surface area contributed by atoms with Crippen LogP contribution in [0.3, 0.4) is 0 Å². The van der Waals surface area contributed by atoms with E-state index in [1.54, 1.807) is 6.92 Å². The lowest BCUT2D eigenvalue weighted by Gasteiger charge is -2.15. The minimum Gasteiger partial charge on any atom is -0.465 e.